The fourth-order valence-electron chi connectivity index (χ4n) is 1.18. The molecule has 1 aliphatic carbocycles. The van der Waals surface area contributed by atoms with Crippen LogP contribution in [-0.2, 0) is 9.53 Å². The van der Waals surface area contributed by atoms with Crippen LogP contribution in [0.3, 0.4) is 0 Å². The third-order valence-electron chi connectivity index (χ3n) is 1.72. The summed E-state index contributed by atoms with van der Waals surface area (Å²) in [5, 5.41) is 0. The lowest BCUT2D eigenvalue weighted by Gasteiger charge is -2.25. The van der Waals surface area contributed by atoms with Gasteiger partial charge in [-0.05, 0) is 12.0 Å². The Balaban J connectivity index is 2.77. The Bertz CT molecular complexity index is 289. The van der Waals surface area contributed by atoms with Gasteiger partial charge in [-0.25, -0.2) is 0 Å². The fourth-order valence-corrected chi connectivity index (χ4v) is 1.73. The lowest BCUT2D eigenvalue weighted by atomic mass is 10.1. The summed E-state index contributed by atoms with van der Waals surface area (Å²) in [7, 11) is 0. The number of esters is 1. The van der Waals surface area contributed by atoms with Crippen molar-refractivity contribution in [2.45, 2.75) is 23.2 Å². The van der Waals surface area contributed by atoms with Crippen molar-refractivity contribution in [2.75, 3.05) is 0 Å². The molecule has 1 aliphatic rings. The standard InChI is InChI=1S/C9H9Cl3O2/c1-6(13)14-8(9(10,11)12)7-4-2-3-5-7/h2-4,8H,5H2,1H3. The molecule has 0 bridgehead atoms. The zero-order valence-electron chi connectivity index (χ0n) is 7.47. The second-order valence-corrected chi connectivity index (χ2v) is 5.27. The minimum atomic E-state index is -1.62. The van der Waals surface area contributed by atoms with Crippen LogP contribution in [0.5, 0.6) is 0 Å². The highest BCUT2D eigenvalue weighted by Crippen LogP contribution is 2.38. The molecule has 0 aromatic carbocycles. The molecule has 1 atom stereocenters. The van der Waals surface area contributed by atoms with Crippen molar-refractivity contribution >= 4 is 40.8 Å². The van der Waals surface area contributed by atoms with E-state index in [1.807, 2.05) is 12.2 Å². The first-order valence-electron chi connectivity index (χ1n) is 4.01. The SMILES string of the molecule is CC(=O)OC(C1=CC=CC1)C(Cl)(Cl)Cl. The molecule has 0 heterocycles. The summed E-state index contributed by atoms with van der Waals surface area (Å²) in [6.45, 7) is 1.28. The molecular formula is C9H9Cl3O2. The van der Waals surface area contributed by atoms with Crippen LogP contribution in [0.2, 0.25) is 0 Å². The molecule has 2 nitrogen and oxygen atoms in total. The first kappa shape index (κ1) is 11.9. The molecule has 0 aliphatic heterocycles. The number of alkyl halides is 3. The van der Waals surface area contributed by atoms with Crippen molar-refractivity contribution < 1.29 is 9.53 Å². The van der Waals surface area contributed by atoms with E-state index in [0.717, 1.165) is 5.57 Å². The topological polar surface area (TPSA) is 26.3 Å². The quantitative estimate of drug-likeness (QED) is 0.559. The number of hydrogen-bond donors (Lipinski definition) is 0. The number of allylic oxidation sites excluding steroid dienone is 3. The zero-order chi connectivity index (χ0) is 10.8. The van der Waals surface area contributed by atoms with Crippen LogP contribution in [0, 0.1) is 0 Å². The summed E-state index contributed by atoms with van der Waals surface area (Å²) in [6, 6.07) is 0. The number of ether oxygens (including phenoxy) is 1. The van der Waals surface area contributed by atoms with Crippen molar-refractivity contribution in [1.82, 2.24) is 0 Å². The van der Waals surface area contributed by atoms with Gasteiger partial charge >= 0.3 is 5.97 Å². The Hall–Kier alpha value is -0.180. The van der Waals surface area contributed by atoms with Gasteiger partial charge in [0.05, 0.1) is 0 Å². The lowest BCUT2D eigenvalue weighted by molar-refractivity contribution is -0.144. The monoisotopic (exact) mass is 254 g/mol. The van der Waals surface area contributed by atoms with Crippen LogP contribution >= 0.6 is 34.8 Å². The van der Waals surface area contributed by atoms with E-state index in [2.05, 4.69) is 0 Å². The molecular weight excluding hydrogens is 246 g/mol. The molecule has 0 aromatic rings. The second-order valence-electron chi connectivity index (χ2n) is 2.90. The molecule has 0 N–H and O–H groups in total. The Kier molecular flexibility index (Phi) is 3.87. The Morgan fingerprint density at radius 2 is 2.21 bits per heavy atom. The third kappa shape index (κ3) is 3.19. The predicted molar refractivity (Wildman–Crippen MR) is 57.7 cm³/mol. The fraction of sp³-hybridized carbons (Fsp3) is 0.444. The van der Waals surface area contributed by atoms with Crippen LogP contribution in [0.4, 0.5) is 0 Å². The Morgan fingerprint density at radius 1 is 1.57 bits per heavy atom. The number of hydrogen-bond acceptors (Lipinski definition) is 2. The maximum atomic E-state index is 10.8. The van der Waals surface area contributed by atoms with Gasteiger partial charge < -0.3 is 4.74 Å². The van der Waals surface area contributed by atoms with E-state index in [9.17, 15) is 4.79 Å². The lowest BCUT2D eigenvalue weighted by Crippen LogP contribution is -2.32. The Morgan fingerprint density at radius 3 is 2.57 bits per heavy atom. The van der Waals surface area contributed by atoms with Crippen molar-refractivity contribution in [1.29, 1.82) is 0 Å². The van der Waals surface area contributed by atoms with Crippen LogP contribution in [0.25, 0.3) is 0 Å². The van der Waals surface area contributed by atoms with Gasteiger partial charge in [0, 0.05) is 6.92 Å². The normalized spacial score (nSPS) is 17.9. The molecule has 5 heteroatoms. The van der Waals surface area contributed by atoms with Gasteiger partial charge in [0.15, 0.2) is 6.10 Å². The molecule has 78 valence electrons. The smallest absolute Gasteiger partial charge is 0.303 e. The van der Waals surface area contributed by atoms with Crippen LogP contribution in [0.15, 0.2) is 23.8 Å². The number of carbonyl (C=O) groups excluding carboxylic acids is 1. The first-order chi connectivity index (χ1) is 6.41. The van der Waals surface area contributed by atoms with E-state index in [0.29, 0.717) is 6.42 Å². The van der Waals surface area contributed by atoms with Gasteiger partial charge in [-0.3, -0.25) is 4.79 Å². The molecule has 0 saturated heterocycles. The van der Waals surface area contributed by atoms with E-state index in [1.165, 1.54) is 6.92 Å². The maximum absolute atomic E-state index is 10.8. The molecule has 1 unspecified atom stereocenters. The minimum Gasteiger partial charge on any atom is -0.453 e. The summed E-state index contributed by atoms with van der Waals surface area (Å²) >= 11 is 17.1. The summed E-state index contributed by atoms with van der Waals surface area (Å²) in [5.74, 6) is -0.464. The van der Waals surface area contributed by atoms with Gasteiger partial charge in [0.2, 0.25) is 3.79 Å². The highest BCUT2D eigenvalue weighted by atomic mass is 35.6. The molecule has 0 fully saturated rings. The second kappa shape index (κ2) is 4.56. The van der Waals surface area contributed by atoms with E-state index >= 15 is 0 Å². The largest absolute Gasteiger partial charge is 0.453 e. The van der Waals surface area contributed by atoms with Gasteiger partial charge in [-0.1, -0.05) is 53.0 Å². The highest BCUT2D eigenvalue weighted by Gasteiger charge is 2.38. The minimum absolute atomic E-state index is 0.464. The van der Waals surface area contributed by atoms with Gasteiger partial charge in [-0.15, -0.1) is 0 Å². The average molecular weight is 256 g/mol. The van der Waals surface area contributed by atoms with Crippen molar-refractivity contribution in [2.24, 2.45) is 0 Å². The van der Waals surface area contributed by atoms with Crippen molar-refractivity contribution in [3.8, 4) is 0 Å². The van der Waals surface area contributed by atoms with E-state index in [1.54, 1.807) is 6.08 Å². The van der Waals surface area contributed by atoms with Gasteiger partial charge in [0.25, 0.3) is 0 Å². The number of halogens is 3. The summed E-state index contributed by atoms with van der Waals surface area (Å²) in [6.07, 6.45) is 5.37. The van der Waals surface area contributed by atoms with Crippen molar-refractivity contribution in [3.05, 3.63) is 23.8 Å². The average Bonchev–Trinajstić information content (AvgIpc) is 2.49. The summed E-state index contributed by atoms with van der Waals surface area (Å²) in [5.41, 5.74) is 0.792. The predicted octanol–water partition coefficient (Wildman–Crippen LogP) is 3.17. The summed E-state index contributed by atoms with van der Waals surface area (Å²) in [4.78, 5) is 10.8. The highest BCUT2D eigenvalue weighted by molar-refractivity contribution is 6.68. The van der Waals surface area contributed by atoms with Crippen LogP contribution in [-0.4, -0.2) is 15.9 Å². The van der Waals surface area contributed by atoms with E-state index in [4.69, 9.17) is 39.5 Å². The first-order valence-corrected chi connectivity index (χ1v) is 5.14. The van der Waals surface area contributed by atoms with Gasteiger partial charge in [0.1, 0.15) is 0 Å². The zero-order valence-corrected chi connectivity index (χ0v) is 9.73. The number of carbonyl (C=O) groups is 1. The van der Waals surface area contributed by atoms with E-state index in [-0.39, 0.29) is 0 Å². The van der Waals surface area contributed by atoms with Crippen molar-refractivity contribution in [3.63, 3.8) is 0 Å². The van der Waals surface area contributed by atoms with Crippen LogP contribution < -0.4 is 0 Å². The van der Waals surface area contributed by atoms with Gasteiger partial charge in [-0.2, -0.15) is 0 Å². The molecule has 0 saturated carbocycles. The molecule has 0 amide bonds. The molecule has 0 spiro atoms. The molecule has 0 aromatic heterocycles. The Labute approximate surface area is 97.5 Å². The molecule has 0 radical (unpaired) electrons. The molecule has 1 rings (SSSR count). The maximum Gasteiger partial charge on any atom is 0.303 e. The summed E-state index contributed by atoms with van der Waals surface area (Å²) < 4.78 is 3.33. The third-order valence-corrected chi connectivity index (χ3v) is 2.31. The van der Waals surface area contributed by atoms with Crippen LogP contribution in [0.1, 0.15) is 13.3 Å². The molecule has 14 heavy (non-hydrogen) atoms. The van der Waals surface area contributed by atoms with E-state index < -0.39 is 15.9 Å². The number of rotatable bonds is 2.